The van der Waals surface area contributed by atoms with Crippen molar-refractivity contribution in [1.82, 2.24) is 19.8 Å². The number of nitrogen functional groups attached to an aromatic ring is 1. The number of nitrogens with two attached hydrogens (primary N) is 1. The Morgan fingerprint density at radius 1 is 0.705 bits per heavy atom. The molecular weight excluding hydrogens is 544 g/mol. The Labute approximate surface area is 258 Å². The van der Waals surface area contributed by atoms with Crippen LogP contribution in [0.3, 0.4) is 0 Å². The van der Waals surface area contributed by atoms with Gasteiger partial charge in [-0.2, -0.15) is 0 Å². The van der Waals surface area contributed by atoms with Crippen LogP contribution in [0.5, 0.6) is 0 Å². The van der Waals surface area contributed by atoms with Crippen molar-refractivity contribution in [3.8, 4) is 0 Å². The molecule has 0 saturated carbocycles. The second kappa shape index (κ2) is 12.7. The molecular formula is C37H40N6O. The monoisotopic (exact) mass is 584 g/mol. The predicted molar refractivity (Wildman–Crippen MR) is 183 cm³/mol. The van der Waals surface area contributed by atoms with E-state index in [1.165, 1.54) is 16.5 Å². The van der Waals surface area contributed by atoms with Gasteiger partial charge in [-0.25, -0.2) is 9.97 Å². The Hall–Kier alpha value is -4.30. The number of pyridine rings is 2. The largest absolute Gasteiger partial charge is 0.398 e. The predicted octanol–water partition coefficient (Wildman–Crippen LogP) is 6.87. The zero-order valence-corrected chi connectivity index (χ0v) is 25.4. The van der Waals surface area contributed by atoms with Crippen LogP contribution in [0.1, 0.15) is 24.5 Å². The van der Waals surface area contributed by atoms with E-state index in [4.69, 9.17) is 20.4 Å². The molecule has 1 atom stereocenters. The normalized spacial score (nSPS) is 15.4. The van der Waals surface area contributed by atoms with Crippen molar-refractivity contribution in [2.24, 2.45) is 0 Å². The number of ether oxygens (including phenoxy) is 1. The van der Waals surface area contributed by atoms with Gasteiger partial charge in [-0.05, 0) is 37.6 Å². The maximum atomic E-state index is 6.59. The second-order valence-electron chi connectivity index (χ2n) is 11.8. The van der Waals surface area contributed by atoms with E-state index in [0.717, 1.165) is 103 Å². The third kappa shape index (κ3) is 5.66. The van der Waals surface area contributed by atoms with Gasteiger partial charge >= 0.3 is 0 Å². The first kappa shape index (κ1) is 28.5. The molecule has 7 rings (SSSR count). The highest BCUT2D eigenvalue weighted by atomic mass is 16.5. The first-order valence-electron chi connectivity index (χ1n) is 15.8. The van der Waals surface area contributed by atoms with Crippen LogP contribution >= 0.6 is 0 Å². The van der Waals surface area contributed by atoms with E-state index < -0.39 is 0 Å². The smallest absolute Gasteiger partial charge is 0.0854 e. The van der Waals surface area contributed by atoms with Crippen molar-refractivity contribution in [2.45, 2.75) is 18.9 Å². The molecule has 224 valence electrons. The zero-order valence-electron chi connectivity index (χ0n) is 25.4. The van der Waals surface area contributed by atoms with Crippen molar-refractivity contribution >= 4 is 55.0 Å². The van der Waals surface area contributed by atoms with E-state index in [-0.39, 0.29) is 6.10 Å². The van der Waals surface area contributed by atoms with Crippen LogP contribution in [-0.2, 0) is 4.74 Å². The SMILES string of the molecule is COC(CCN1CCN(CCCNc2c3ccccc3nc3ccccc23)CC1)c1cccc2c(N)c3ccccc3nc12. The van der Waals surface area contributed by atoms with Crippen LogP contribution in [0.2, 0.25) is 0 Å². The topological polar surface area (TPSA) is 79.5 Å². The van der Waals surface area contributed by atoms with Crippen molar-refractivity contribution in [3.63, 3.8) is 0 Å². The fourth-order valence-corrected chi connectivity index (χ4v) is 6.71. The summed E-state index contributed by atoms with van der Waals surface area (Å²) in [4.78, 5) is 15.0. The summed E-state index contributed by atoms with van der Waals surface area (Å²) in [5.74, 6) is 0. The summed E-state index contributed by atoms with van der Waals surface area (Å²) in [7, 11) is 1.80. The van der Waals surface area contributed by atoms with Gasteiger partial charge in [-0.15, -0.1) is 0 Å². The number of benzene rings is 4. The van der Waals surface area contributed by atoms with Crippen molar-refractivity contribution in [2.75, 3.05) is 64.0 Å². The number of para-hydroxylation sites is 4. The van der Waals surface area contributed by atoms with Gasteiger partial charge in [-0.3, -0.25) is 0 Å². The molecule has 1 saturated heterocycles. The van der Waals surface area contributed by atoms with Crippen LogP contribution in [-0.4, -0.2) is 72.7 Å². The number of fused-ring (bicyclic) bond motifs is 4. The number of nitrogens with one attached hydrogen (secondary N) is 1. The Balaban J connectivity index is 0.928. The number of piperazine rings is 1. The quantitative estimate of drug-likeness (QED) is 0.134. The van der Waals surface area contributed by atoms with Gasteiger partial charge in [0.15, 0.2) is 0 Å². The first-order valence-corrected chi connectivity index (χ1v) is 15.8. The van der Waals surface area contributed by atoms with Crippen molar-refractivity contribution in [3.05, 3.63) is 96.6 Å². The average molecular weight is 585 g/mol. The summed E-state index contributed by atoms with van der Waals surface area (Å²) in [6.45, 7) is 7.37. The third-order valence-corrected chi connectivity index (χ3v) is 9.13. The number of hydrogen-bond acceptors (Lipinski definition) is 7. The number of nitrogens with zero attached hydrogens (tertiary/aromatic N) is 4. The summed E-state index contributed by atoms with van der Waals surface area (Å²) in [6.07, 6.45) is 1.99. The molecule has 0 amide bonds. The van der Waals surface area contributed by atoms with Gasteiger partial charge in [0.2, 0.25) is 0 Å². The lowest BCUT2D eigenvalue weighted by molar-refractivity contribution is 0.0707. The van der Waals surface area contributed by atoms with E-state index in [1.807, 2.05) is 24.3 Å². The molecule has 0 spiro atoms. The molecule has 1 unspecified atom stereocenters. The molecule has 3 heterocycles. The fraction of sp³-hybridized carbons (Fsp3) is 0.297. The van der Waals surface area contributed by atoms with E-state index in [2.05, 4.69) is 81.8 Å². The summed E-state index contributed by atoms with van der Waals surface area (Å²) in [5, 5.41) is 8.12. The van der Waals surface area contributed by atoms with Gasteiger partial charge in [0.05, 0.1) is 39.5 Å². The van der Waals surface area contributed by atoms with Gasteiger partial charge in [0.1, 0.15) is 0 Å². The molecule has 0 radical (unpaired) electrons. The highest BCUT2D eigenvalue weighted by Crippen LogP contribution is 2.34. The summed E-state index contributed by atoms with van der Waals surface area (Å²) in [5.41, 5.74) is 13.6. The van der Waals surface area contributed by atoms with E-state index in [9.17, 15) is 0 Å². The van der Waals surface area contributed by atoms with Gasteiger partial charge in [0.25, 0.3) is 0 Å². The first-order chi connectivity index (χ1) is 21.7. The van der Waals surface area contributed by atoms with E-state index in [0.29, 0.717) is 0 Å². The number of rotatable bonds is 10. The fourth-order valence-electron chi connectivity index (χ4n) is 6.71. The molecule has 0 bridgehead atoms. The molecule has 44 heavy (non-hydrogen) atoms. The van der Waals surface area contributed by atoms with Crippen LogP contribution < -0.4 is 11.1 Å². The van der Waals surface area contributed by atoms with E-state index >= 15 is 0 Å². The van der Waals surface area contributed by atoms with E-state index in [1.54, 1.807) is 7.11 Å². The van der Waals surface area contributed by atoms with Gasteiger partial charge < -0.3 is 25.6 Å². The van der Waals surface area contributed by atoms with Crippen LogP contribution in [0.25, 0.3) is 43.6 Å². The minimum absolute atomic E-state index is 0.0313. The number of hydrogen-bond donors (Lipinski definition) is 2. The minimum Gasteiger partial charge on any atom is -0.398 e. The summed E-state index contributed by atoms with van der Waals surface area (Å²) in [6, 6.07) is 31.2. The number of anilines is 2. The molecule has 7 heteroatoms. The lowest BCUT2D eigenvalue weighted by Gasteiger charge is -2.35. The molecule has 0 aliphatic carbocycles. The number of aromatic nitrogens is 2. The molecule has 3 N–H and O–H groups in total. The Morgan fingerprint density at radius 2 is 1.27 bits per heavy atom. The molecule has 1 aliphatic heterocycles. The molecule has 2 aromatic heterocycles. The van der Waals surface area contributed by atoms with Gasteiger partial charge in [-0.1, -0.05) is 72.8 Å². The lowest BCUT2D eigenvalue weighted by Crippen LogP contribution is -2.47. The maximum Gasteiger partial charge on any atom is 0.0854 e. The Bertz CT molecular complexity index is 1860. The number of methoxy groups -OCH3 is 1. The third-order valence-electron chi connectivity index (χ3n) is 9.13. The van der Waals surface area contributed by atoms with Crippen LogP contribution in [0.4, 0.5) is 11.4 Å². The van der Waals surface area contributed by atoms with Crippen LogP contribution in [0.15, 0.2) is 91.0 Å². The summed E-state index contributed by atoms with van der Waals surface area (Å²) < 4.78 is 6.04. The molecule has 7 nitrogen and oxygen atoms in total. The summed E-state index contributed by atoms with van der Waals surface area (Å²) >= 11 is 0. The highest BCUT2D eigenvalue weighted by molar-refractivity contribution is 6.08. The molecule has 4 aromatic carbocycles. The standard InChI is InChI=1S/C37H40N6O/c1-44-34(29-13-8-14-30-35(38)26-10-2-5-15-31(26)41-37(29)30)18-21-43-24-22-42(23-25-43)20-9-19-39-36-27-11-3-6-16-32(27)40-33-17-7-4-12-28(33)36/h2-8,10-17,34H,9,18-25H2,1H3,(H2,38,41)(H,39,40). The van der Waals surface area contributed by atoms with Gasteiger partial charge in [0, 0.05) is 73.5 Å². The maximum absolute atomic E-state index is 6.59. The Morgan fingerprint density at radius 3 is 1.93 bits per heavy atom. The average Bonchev–Trinajstić information content (AvgIpc) is 3.07. The Kier molecular flexibility index (Phi) is 8.24. The van der Waals surface area contributed by atoms with Crippen molar-refractivity contribution in [1.29, 1.82) is 0 Å². The minimum atomic E-state index is -0.0313. The van der Waals surface area contributed by atoms with Crippen molar-refractivity contribution < 1.29 is 4.74 Å². The zero-order chi connectivity index (χ0) is 29.9. The highest BCUT2D eigenvalue weighted by Gasteiger charge is 2.21. The van der Waals surface area contributed by atoms with Crippen LogP contribution in [0, 0.1) is 0 Å². The second-order valence-corrected chi connectivity index (χ2v) is 11.8. The molecule has 1 aliphatic rings. The molecule has 6 aromatic rings. The lowest BCUT2D eigenvalue weighted by atomic mass is 9.99. The molecule has 1 fully saturated rings.